The lowest BCUT2D eigenvalue weighted by Crippen LogP contribution is -2.14. The molecule has 1 fully saturated rings. The van der Waals surface area contributed by atoms with Gasteiger partial charge in [-0.25, -0.2) is 4.98 Å². The normalized spacial score (nSPS) is 21.4. The van der Waals surface area contributed by atoms with Gasteiger partial charge in [0, 0.05) is 11.9 Å². The van der Waals surface area contributed by atoms with Gasteiger partial charge in [0.1, 0.15) is 5.82 Å². The Bertz CT molecular complexity index is 298. The van der Waals surface area contributed by atoms with E-state index >= 15 is 0 Å². The Kier molecular flexibility index (Phi) is 3.41. The molecule has 1 aliphatic heterocycles. The second kappa shape index (κ2) is 4.79. The van der Waals surface area contributed by atoms with E-state index in [1.807, 2.05) is 6.20 Å². The minimum Gasteiger partial charge on any atom is -0.345 e. The molecular formula is C12H21N3. The van der Waals surface area contributed by atoms with Crippen molar-refractivity contribution in [3.63, 3.8) is 0 Å². The van der Waals surface area contributed by atoms with E-state index in [1.165, 1.54) is 25.0 Å². The second-order valence-electron chi connectivity index (χ2n) is 4.88. The molecule has 1 aromatic heterocycles. The SMILES string of the molecule is CC(C)CCc1cnc(C2CCCN2)[nH]1. The van der Waals surface area contributed by atoms with Gasteiger partial charge in [0.15, 0.2) is 0 Å². The van der Waals surface area contributed by atoms with Gasteiger partial charge in [-0.15, -0.1) is 0 Å². The lowest BCUT2D eigenvalue weighted by atomic mass is 10.1. The maximum absolute atomic E-state index is 4.46. The van der Waals surface area contributed by atoms with Crippen molar-refractivity contribution < 1.29 is 0 Å². The summed E-state index contributed by atoms with van der Waals surface area (Å²) < 4.78 is 0. The van der Waals surface area contributed by atoms with Gasteiger partial charge >= 0.3 is 0 Å². The summed E-state index contributed by atoms with van der Waals surface area (Å²) in [6.45, 7) is 5.65. The van der Waals surface area contributed by atoms with Crippen molar-refractivity contribution in [2.75, 3.05) is 6.54 Å². The number of nitrogens with zero attached hydrogens (tertiary/aromatic N) is 1. The van der Waals surface area contributed by atoms with Crippen LogP contribution in [-0.4, -0.2) is 16.5 Å². The van der Waals surface area contributed by atoms with Crippen molar-refractivity contribution in [2.24, 2.45) is 5.92 Å². The third-order valence-electron chi connectivity index (χ3n) is 3.03. The number of aromatic nitrogens is 2. The zero-order chi connectivity index (χ0) is 10.7. The van der Waals surface area contributed by atoms with Crippen molar-refractivity contribution in [3.8, 4) is 0 Å². The van der Waals surface area contributed by atoms with E-state index in [-0.39, 0.29) is 0 Å². The van der Waals surface area contributed by atoms with Gasteiger partial charge in [-0.2, -0.15) is 0 Å². The summed E-state index contributed by atoms with van der Waals surface area (Å²) in [6.07, 6.45) is 6.85. The van der Waals surface area contributed by atoms with Gasteiger partial charge < -0.3 is 10.3 Å². The van der Waals surface area contributed by atoms with Crippen LogP contribution in [0.1, 0.15) is 50.7 Å². The van der Waals surface area contributed by atoms with Crippen LogP contribution in [0.2, 0.25) is 0 Å². The molecule has 0 aliphatic carbocycles. The van der Waals surface area contributed by atoms with Crippen LogP contribution in [0, 0.1) is 5.92 Å². The molecule has 3 nitrogen and oxygen atoms in total. The standard InChI is InChI=1S/C12H21N3/c1-9(2)5-6-10-8-14-12(15-10)11-4-3-7-13-11/h8-9,11,13H,3-7H2,1-2H3,(H,14,15). The summed E-state index contributed by atoms with van der Waals surface area (Å²) in [5.41, 5.74) is 1.28. The number of aryl methyl sites for hydroxylation is 1. The van der Waals surface area contributed by atoms with Crippen LogP contribution in [0.25, 0.3) is 0 Å². The molecule has 1 atom stereocenters. The van der Waals surface area contributed by atoms with Crippen LogP contribution in [0.15, 0.2) is 6.20 Å². The zero-order valence-corrected chi connectivity index (χ0v) is 9.71. The molecule has 0 amide bonds. The number of imidazole rings is 1. The fraction of sp³-hybridized carbons (Fsp3) is 0.750. The van der Waals surface area contributed by atoms with Gasteiger partial charge in [0.05, 0.1) is 6.04 Å². The Morgan fingerprint density at radius 1 is 1.53 bits per heavy atom. The molecule has 15 heavy (non-hydrogen) atoms. The van der Waals surface area contributed by atoms with Crippen molar-refractivity contribution in [1.82, 2.24) is 15.3 Å². The van der Waals surface area contributed by atoms with E-state index < -0.39 is 0 Å². The summed E-state index contributed by atoms with van der Waals surface area (Å²) in [4.78, 5) is 7.89. The Morgan fingerprint density at radius 2 is 2.40 bits per heavy atom. The third kappa shape index (κ3) is 2.81. The first-order chi connectivity index (χ1) is 7.25. The van der Waals surface area contributed by atoms with Crippen LogP contribution in [0.3, 0.4) is 0 Å². The minimum atomic E-state index is 0.470. The lowest BCUT2D eigenvalue weighted by Gasteiger charge is -2.05. The van der Waals surface area contributed by atoms with E-state index in [2.05, 4.69) is 29.1 Å². The van der Waals surface area contributed by atoms with Crippen LogP contribution in [0.5, 0.6) is 0 Å². The number of rotatable bonds is 4. The predicted octanol–water partition coefficient (Wildman–Crippen LogP) is 2.42. The molecule has 2 heterocycles. The fourth-order valence-electron chi connectivity index (χ4n) is 2.04. The number of nitrogens with one attached hydrogen (secondary N) is 2. The van der Waals surface area contributed by atoms with E-state index in [4.69, 9.17) is 0 Å². The van der Waals surface area contributed by atoms with Crippen LogP contribution >= 0.6 is 0 Å². The van der Waals surface area contributed by atoms with Gasteiger partial charge in [-0.1, -0.05) is 13.8 Å². The van der Waals surface area contributed by atoms with Crippen molar-refractivity contribution >= 4 is 0 Å². The third-order valence-corrected chi connectivity index (χ3v) is 3.03. The average molecular weight is 207 g/mol. The number of hydrogen-bond acceptors (Lipinski definition) is 2. The van der Waals surface area contributed by atoms with Gasteiger partial charge in [-0.3, -0.25) is 0 Å². The number of H-pyrrole nitrogens is 1. The highest BCUT2D eigenvalue weighted by Crippen LogP contribution is 2.20. The maximum atomic E-state index is 4.46. The van der Waals surface area contributed by atoms with E-state index in [1.54, 1.807) is 0 Å². The molecule has 1 aliphatic rings. The smallest absolute Gasteiger partial charge is 0.123 e. The van der Waals surface area contributed by atoms with Gasteiger partial charge in [-0.05, 0) is 38.1 Å². The quantitative estimate of drug-likeness (QED) is 0.796. The predicted molar refractivity (Wildman–Crippen MR) is 61.7 cm³/mol. The highest BCUT2D eigenvalue weighted by atomic mass is 15.0. The summed E-state index contributed by atoms with van der Waals surface area (Å²) in [5, 5.41) is 3.46. The minimum absolute atomic E-state index is 0.470. The average Bonchev–Trinajstić information content (AvgIpc) is 2.85. The molecule has 3 heteroatoms. The van der Waals surface area contributed by atoms with E-state index in [0.717, 1.165) is 24.7 Å². The highest BCUT2D eigenvalue weighted by Gasteiger charge is 2.18. The Morgan fingerprint density at radius 3 is 3.07 bits per heavy atom. The van der Waals surface area contributed by atoms with Crippen LogP contribution in [0.4, 0.5) is 0 Å². The Hall–Kier alpha value is -0.830. The van der Waals surface area contributed by atoms with Gasteiger partial charge in [0.2, 0.25) is 0 Å². The van der Waals surface area contributed by atoms with Crippen molar-refractivity contribution in [2.45, 2.75) is 45.6 Å². The molecule has 1 saturated heterocycles. The molecule has 1 unspecified atom stereocenters. The molecule has 2 N–H and O–H groups in total. The Balaban J connectivity index is 1.91. The first kappa shape index (κ1) is 10.7. The zero-order valence-electron chi connectivity index (χ0n) is 9.71. The summed E-state index contributed by atoms with van der Waals surface area (Å²) in [5.74, 6) is 1.90. The van der Waals surface area contributed by atoms with Crippen LogP contribution < -0.4 is 5.32 Å². The monoisotopic (exact) mass is 207 g/mol. The van der Waals surface area contributed by atoms with Gasteiger partial charge in [0.25, 0.3) is 0 Å². The highest BCUT2D eigenvalue weighted by molar-refractivity contribution is 5.06. The maximum Gasteiger partial charge on any atom is 0.123 e. The largest absolute Gasteiger partial charge is 0.345 e. The Labute approximate surface area is 91.7 Å². The summed E-state index contributed by atoms with van der Waals surface area (Å²) >= 11 is 0. The van der Waals surface area contributed by atoms with Crippen LogP contribution in [-0.2, 0) is 6.42 Å². The topological polar surface area (TPSA) is 40.7 Å². The molecule has 1 aromatic rings. The molecule has 0 bridgehead atoms. The number of hydrogen-bond donors (Lipinski definition) is 2. The van der Waals surface area contributed by atoms with Crippen molar-refractivity contribution in [1.29, 1.82) is 0 Å². The first-order valence-corrected chi connectivity index (χ1v) is 6.03. The number of aromatic amines is 1. The second-order valence-corrected chi connectivity index (χ2v) is 4.88. The summed E-state index contributed by atoms with van der Waals surface area (Å²) in [6, 6.07) is 0.470. The molecule has 0 aromatic carbocycles. The molecule has 0 saturated carbocycles. The lowest BCUT2D eigenvalue weighted by molar-refractivity contribution is 0.577. The molecule has 0 radical (unpaired) electrons. The molecular weight excluding hydrogens is 186 g/mol. The van der Waals surface area contributed by atoms with E-state index in [0.29, 0.717) is 6.04 Å². The van der Waals surface area contributed by atoms with E-state index in [9.17, 15) is 0 Å². The first-order valence-electron chi connectivity index (χ1n) is 6.03. The molecule has 84 valence electrons. The van der Waals surface area contributed by atoms with Crippen molar-refractivity contribution in [3.05, 3.63) is 17.7 Å². The molecule has 0 spiro atoms. The fourth-order valence-corrected chi connectivity index (χ4v) is 2.04. The summed E-state index contributed by atoms with van der Waals surface area (Å²) in [7, 11) is 0. The molecule has 2 rings (SSSR count).